The summed E-state index contributed by atoms with van der Waals surface area (Å²) in [6.07, 6.45) is 10.1. The van der Waals surface area contributed by atoms with E-state index in [2.05, 4.69) is 20.5 Å². The number of piperidine rings is 1. The number of hydrogen-bond donors (Lipinski definition) is 2. The van der Waals surface area contributed by atoms with Crippen LogP contribution in [0.2, 0.25) is 0 Å². The van der Waals surface area contributed by atoms with E-state index in [-0.39, 0.29) is 24.0 Å². The maximum absolute atomic E-state index is 12.4. The van der Waals surface area contributed by atoms with Gasteiger partial charge in [-0.2, -0.15) is 0 Å². The van der Waals surface area contributed by atoms with Crippen LogP contribution in [0.5, 0.6) is 0 Å². The van der Waals surface area contributed by atoms with E-state index in [0.717, 1.165) is 32.0 Å². The lowest BCUT2D eigenvalue weighted by molar-refractivity contribution is 0.0755. The molecule has 2 N–H and O–H groups in total. The largest absolute Gasteiger partial charge is 0.381 e. The van der Waals surface area contributed by atoms with Crippen molar-refractivity contribution in [1.29, 1.82) is 0 Å². The van der Waals surface area contributed by atoms with Crippen molar-refractivity contribution in [2.75, 3.05) is 46.2 Å². The number of aliphatic imine (C=N–C) groups is 1. The first-order valence-corrected chi connectivity index (χ1v) is 12.3. The number of likely N-dealkylation sites (tertiary alicyclic amines) is 1. The average Bonchev–Trinajstić information content (AvgIpc) is 3.20. The number of halogens is 1. The molecule has 0 amide bonds. The summed E-state index contributed by atoms with van der Waals surface area (Å²) in [6.45, 7) is 3.67. The van der Waals surface area contributed by atoms with Gasteiger partial charge in [0.1, 0.15) is 0 Å². The van der Waals surface area contributed by atoms with E-state index in [1.807, 2.05) is 0 Å². The summed E-state index contributed by atoms with van der Waals surface area (Å²) in [6, 6.07) is 1.20. The summed E-state index contributed by atoms with van der Waals surface area (Å²) < 4.78 is 29.4. The van der Waals surface area contributed by atoms with E-state index < -0.39 is 14.6 Å². The summed E-state index contributed by atoms with van der Waals surface area (Å²) in [4.78, 5) is 6.99. The Kier molecular flexibility index (Phi) is 9.28. The molecular weight excluding hydrogens is 491 g/mol. The molecule has 0 aromatic heterocycles. The van der Waals surface area contributed by atoms with Crippen LogP contribution < -0.4 is 10.6 Å². The second-order valence-corrected chi connectivity index (χ2v) is 10.8. The highest BCUT2D eigenvalue weighted by Crippen LogP contribution is 2.29. The van der Waals surface area contributed by atoms with Gasteiger partial charge in [0.15, 0.2) is 15.8 Å². The molecule has 3 aliphatic rings. The van der Waals surface area contributed by atoms with Crippen LogP contribution in [-0.4, -0.2) is 82.3 Å². The second-order valence-electron chi connectivity index (χ2n) is 8.39. The van der Waals surface area contributed by atoms with Gasteiger partial charge in [0.05, 0.1) is 4.75 Å². The van der Waals surface area contributed by atoms with Gasteiger partial charge in [-0.15, -0.1) is 24.0 Å². The Morgan fingerprint density at radius 3 is 2.29 bits per heavy atom. The van der Waals surface area contributed by atoms with Gasteiger partial charge < -0.3 is 20.3 Å². The van der Waals surface area contributed by atoms with Gasteiger partial charge in [0.25, 0.3) is 0 Å². The quantitative estimate of drug-likeness (QED) is 0.322. The number of guanidine groups is 1. The van der Waals surface area contributed by atoms with E-state index >= 15 is 0 Å². The molecule has 0 aromatic carbocycles. The molecule has 1 saturated carbocycles. The third-order valence-electron chi connectivity index (χ3n) is 6.70. The van der Waals surface area contributed by atoms with Crippen molar-refractivity contribution in [3.63, 3.8) is 0 Å². The monoisotopic (exact) mass is 528 g/mol. The van der Waals surface area contributed by atoms with Crippen LogP contribution in [-0.2, 0) is 14.6 Å². The van der Waals surface area contributed by atoms with Crippen LogP contribution in [0.3, 0.4) is 0 Å². The molecule has 3 rings (SSSR count). The van der Waals surface area contributed by atoms with Crippen molar-refractivity contribution in [3.05, 3.63) is 0 Å². The number of hydrogen-bond acceptors (Lipinski definition) is 5. The molecule has 0 unspecified atom stereocenters. The zero-order chi connectivity index (χ0) is 19.3. The lowest BCUT2D eigenvalue weighted by Gasteiger charge is -2.38. The number of nitrogens with zero attached hydrogens (tertiary/aromatic N) is 2. The van der Waals surface area contributed by atoms with Crippen LogP contribution in [0.1, 0.15) is 51.4 Å². The molecule has 2 saturated heterocycles. The van der Waals surface area contributed by atoms with Gasteiger partial charge in [-0.3, -0.25) is 4.99 Å². The van der Waals surface area contributed by atoms with E-state index in [1.165, 1.54) is 31.9 Å². The molecular formula is C19H37IN4O3S. The van der Waals surface area contributed by atoms with E-state index in [9.17, 15) is 8.42 Å². The van der Waals surface area contributed by atoms with Crippen LogP contribution in [0.15, 0.2) is 4.99 Å². The van der Waals surface area contributed by atoms with E-state index in [1.54, 1.807) is 7.05 Å². The minimum absolute atomic E-state index is 0. The Bertz CT molecular complexity index is 609. The maximum Gasteiger partial charge on any atom is 0.191 e. The third-order valence-corrected chi connectivity index (χ3v) is 8.83. The normalized spacial score (nSPS) is 25.3. The zero-order valence-corrected chi connectivity index (χ0v) is 20.4. The number of ether oxygens (including phenoxy) is 1. The number of nitrogens with one attached hydrogen (secondary N) is 2. The Balaban J connectivity index is 0.00000280. The van der Waals surface area contributed by atoms with Crippen molar-refractivity contribution >= 4 is 39.8 Å². The standard InChI is InChI=1S/C19H36N4O3S.HI/c1-20-18(21-15-19(27(2,24)25)9-13-26-14-10-19)22-16-7-11-23(12-8-16)17-5-3-4-6-17;/h16-17H,3-15H2,1-2H3,(H2,20,21,22);1H. The first-order chi connectivity index (χ1) is 12.9. The fourth-order valence-corrected chi connectivity index (χ4v) is 5.98. The van der Waals surface area contributed by atoms with Crippen LogP contribution >= 0.6 is 24.0 Å². The lowest BCUT2D eigenvalue weighted by Crippen LogP contribution is -2.55. The molecule has 2 heterocycles. The number of rotatable bonds is 5. The smallest absolute Gasteiger partial charge is 0.191 e. The first-order valence-electron chi connectivity index (χ1n) is 10.4. The molecule has 164 valence electrons. The lowest BCUT2D eigenvalue weighted by atomic mass is 9.99. The highest BCUT2D eigenvalue weighted by molar-refractivity contribution is 14.0. The summed E-state index contributed by atoms with van der Waals surface area (Å²) >= 11 is 0. The minimum atomic E-state index is -3.17. The van der Waals surface area contributed by atoms with Crippen molar-refractivity contribution in [2.24, 2.45) is 4.99 Å². The molecule has 28 heavy (non-hydrogen) atoms. The van der Waals surface area contributed by atoms with Gasteiger partial charge in [-0.25, -0.2) is 8.42 Å². The molecule has 3 fully saturated rings. The van der Waals surface area contributed by atoms with Crippen LogP contribution in [0.25, 0.3) is 0 Å². The molecule has 9 heteroatoms. The summed E-state index contributed by atoms with van der Waals surface area (Å²) in [5, 5.41) is 6.80. The molecule has 0 radical (unpaired) electrons. The predicted octanol–water partition coefficient (Wildman–Crippen LogP) is 1.77. The maximum atomic E-state index is 12.4. The summed E-state index contributed by atoms with van der Waals surface area (Å²) in [5.74, 6) is 0.712. The van der Waals surface area contributed by atoms with Gasteiger partial charge in [0.2, 0.25) is 0 Å². The third kappa shape index (κ3) is 5.95. The highest BCUT2D eigenvalue weighted by atomic mass is 127. The fourth-order valence-electron chi connectivity index (χ4n) is 4.73. The van der Waals surface area contributed by atoms with Gasteiger partial charge in [-0.05, 0) is 38.5 Å². The Labute approximate surface area is 187 Å². The van der Waals surface area contributed by atoms with Gasteiger partial charge in [0, 0.05) is 58.2 Å². The van der Waals surface area contributed by atoms with Crippen LogP contribution in [0.4, 0.5) is 0 Å². The molecule has 0 atom stereocenters. The van der Waals surface area contributed by atoms with Crippen molar-refractivity contribution < 1.29 is 13.2 Å². The van der Waals surface area contributed by atoms with Crippen LogP contribution in [0, 0.1) is 0 Å². The predicted molar refractivity (Wildman–Crippen MR) is 124 cm³/mol. The zero-order valence-electron chi connectivity index (χ0n) is 17.3. The van der Waals surface area contributed by atoms with Gasteiger partial charge >= 0.3 is 0 Å². The van der Waals surface area contributed by atoms with Gasteiger partial charge in [-0.1, -0.05) is 12.8 Å². The first kappa shape index (κ1) is 24.1. The number of sulfone groups is 1. The topological polar surface area (TPSA) is 83.0 Å². The molecule has 2 aliphatic heterocycles. The Morgan fingerprint density at radius 1 is 1.14 bits per heavy atom. The second kappa shape index (κ2) is 10.8. The Hall–Kier alpha value is -0.130. The van der Waals surface area contributed by atoms with Crippen molar-refractivity contribution in [3.8, 4) is 0 Å². The Morgan fingerprint density at radius 2 is 1.75 bits per heavy atom. The summed E-state index contributed by atoms with van der Waals surface area (Å²) in [5.41, 5.74) is 0. The highest BCUT2D eigenvalue weighted by Gasteiger charge is 2.42. The molecule has 0 aromatic rings. The minimum Gasteiger partial charge on any atom is -0.381 e. The van der Waals surface area contributed by atoms with E-state index in [0.29, 0.717) is 44.6 Å². The summed E-state index contributed by atoms with van der Waals surface area (Å²) in [7, 11) is -1.42. The SMILES string of the molecule is CN=C(NCC1(S(C)(=O)=O)CCOCC1)NC1CCN(C2CCCC2)CC1.I. The fraction of sp³-hybridized carbons (Fsp3) is 0.947. The molecule has 0 bridgehead atoms. The molecule has 1 aliphatic carbocycles. The van der Waals surface area contributed by atoms with Crippen molar-refractivity contribution in [2.45, 2.75) is 68.2 Å². The molecule has 7 nitrogen and oxygen atoms in total. The van der Waals surface area contributed by atoms with E-state index in [4.69, 9.17) is 4.74 Å². The molecule has 0 spiro atoms. The average molecular weight is 529 g/mol. The van der Waals surface area contributed by atoms with Crippen molar-refractivity contribution in [1.82, 2.24) is 15.5 Å².